The van der Waals surface area contributed by atoms with Crippen LogP contribution in [0.2, 0.25) is 0 Å². The van der Waals surface area contributed by atoms with Crippen molar-refractivity contribution >= 4 is 21.8 Å². The molecule has 1 amide bonds. The van der Waals surface area contributed by atoms with E-state index in [1.165, 1.54) is 0 Å². The van der Waals surface area contributed by atoms with Crippen LogP contribution in [-0.2, 0) is 4.79 Å². The number of amides is 1. The van der Waals surface area contributed by atoms with Crippen LogP contribution in [0.3, 0.4) is 0 Å². The Morgan fingerprint density at radius 2 is 2.36 bits per heavy atom. The molecule has 2 fully saturated rings. The number of carbonyl (C=O) groups excluding carboxylic acids is 1. The second kappa shape index (κ2) is 3.81. The van der Waals surface area contributed by atoms with Gasteiger partial charge >= 0.3 is 0 Å². The minimum Gasteiger partial charge on any atom is -0.392 e. The summed E-state index contributed by atoms with van der Waals surface area (Å²) in [7, 11) is 0. The first-order valence-corrected chi connectivity index (χ1v) is 6.19. The van der Waals surface area contributed by atoms with E-state index in [1.807, 2.05) is 11.8 Å². The maximum Gasteiger partial charge on any atom is 0.230 e. The van der Waals surface area contributed by atoms with Crippen molar-refractivity contribution in [2.24, 2.45) is 5.92 Å². The van der Waals surface area contributed by atoms with Crippen LogP contribution in [0.15, 0.2) is 0 Å². The molecule has 4 atom stereocenters. The predicted octanol–water partition coefficient (Wildman–Crippen LogP) is 1.14. The number of β-lactam (4-membered cyclic amide) rings is 1. The number of aliphatic hydroxyl groups is 1. The summed E-state index contributed by atoms with van der Waals surface area (Å²) in [6.07, 6.45) is 2.39. The lowest BCUT2D eigenvalue weighted by molar-refractivity contribution is -0.168. The molecule has 0 bridgehead atoms. The van der Waals surface area contributed by atoms with Crippen molar-refractivity contribution in [3.63, 3.8) is 0 Å². The highest BCUT2D eigenvalue weighted by Crippen LogP contribution is 2.38. The first kappa shape index (κ1) is 10.4. The van der Waals surface area contributed by atoms with Crippen LogP contribution in [-0.4, -0.2) is 39.4 Å². The number of rotatable bonds is 2. The van der Waals surface area contributed by atoms with Gasteiger partial charge < -0.3 is 10.0 Å². The fourth-order valence-corrected chi connectivity index (χ4v) is 3.10. The number of halogens is 1. The van der Waals surface area contributed by atoms with Gasteiger partial charge in [0.15, 0.2) is 0 Å². The van der Waals surface area contributed by atoms with Crippen LogP contribution in [0, 0.1) is 5.92 Å². The molecule has 3 nitrogen and oxygen atoms in total. The quantitative estimate of drug-likeness (QED) is 0.599. The maximum atomic E-state index is 11.7. The predicted molar refractivity (Wildman–Crippen MR) is 57.2 cm³/mol. The summed E-state index contributed by atoms with van der Waals surface area (Å²) in [6.45, 7) is 2.74. The normalized spacial score (nSPS) is 38.9. The topological polar surface area (TPSA) is 40.5 Å². The zero-order valence-corrected chi connectivity index (χ0v) is 9.90. The minimum atomic E-state index is -0.435. The Balaban J connectivity index is 2.02. The summed E-state index contributed by atoms with van der Waals surface area (Å²) in [5.41, 5.74) is 0. The Labute approximate surface area is 92.6 Å². The second-order valence-electron chi connectivity index (χ2n) is 4.23. The van der Waals surface area contributed by atoms with E-state index in [9.17, 15) is 9.90 Å². The van der Waals surface area contributed by atoms with E-state index in [0.717, 1.165) is 19.4 Å². The molecule has 2 heterocycles. The summed E-state index contributed by atoms with van der Waals surface area (Å²) in [4.78, 5) is 14.0. The van der Waals surface area contributed by atoms with E-state index in [4.69, 9.17) is 0 Å². The maximum absolute atomic E-state index is 11.7. The van der Waals surface area contributed by atoms with Gasteiger partial charge in [-0.2, -0.15) is 0 Å². The Hall–Kier alpha value is -0.0900. The molecule has 2 rings (SSSR count). The van der Waals surface area contributed by atoms with E-state index in [2.05, 4.69) is 15.9 Å². The number of fused-ring (bicyclic) bond motifs is 1. The van der Waals surface area contributed by atoms with Crippen molar-refractivity contribution in [3.05, 3.63) is 0 Å². The van der Waals surface area contributed by atoms with Crippen molar-refractivity contribution in [3.8, 4) is 0 Å². The van der Waals surface area contributed by atoms with E-state index < -0.39 is 6.10 Å². The van der Waals surface area contributed by atoms with Crippen LogP contribution in [0.1, 0.15) is 26.2 Å². The van der Waals surface area contributed by atoms with Gasteiger partial charge in [-0.25, -0.2) is 0 Å². The van der Waals surface area contributed by atoms with Gasteiger partial charge in [0.25, 0.3) is 0 Å². The lowest BCUT2D eigenvalue weighted by atomic mass is 9.77. The van der Waals surface area contributed by atoms with Crippen LogP contribution < -0.4 is 0 Å². The summed E-state index contributed by atoms with van der Waals surface area (Å²) in [6, 6.07) is 0.311. The number of piperidine rings is 1. The molecular formula is C10H16BrNO2. The summed E-state index contributed by atoms with van der Waals surface area (Å²) in [5.74, 6) is 0.0356. The Bertz CT molecular complexity index is 246. The van der Waals surface area contributed by atoms with Gasteiger partial charge in [0.1, 0.15) is 0 Å². The van der Waals surface area contributed by atoms with Crippen molar-refractivity contribution in [1.82, 2.24) is 4.90 Å². The average Bonchev–Trinajstić information content (AvgIpc) is 2.19. The zero-order valence-electron chi connectivity index (χ0n) is 8.32. The molecule has 0 aliphatic carbocycles. The van der Waals surface area contributed by atoms with Gasteiger partial charge in [0.2, 0.25) is 5.91 Å². The lowest BCUT2D eigenvalue weighted by Gasteiger charge is -2.52. The molecule has 0 aromatic heterocycles. The first-order chi connectivity index (χ1) is 6.65. The monoisotopic (exact) mass is 261 g/mol. The van der Waals surface area contributed by atoms with Gasteiger partial charge in [0.05, 0.1) is 12.0 Å². The van der Waals surface area contributed by atoms with Crippen LogP contribution in [0.25, 0.3) is 0 Å². The van der Waals surface area contributed by atoms with Crippen LogP contribution >= 0.6 is 15.9 Å². The number of aliphatic hydroxyl groups excluding tert-OH is 1. The molecule has 14 heavy (non-hydrogen) atoms. The molecule has 0 spiro atoms. The molecule has 0 radical (unpaired) electrons. The number of hydrogen-bond donors (Lipinski definition) is 1. The van der Waals surface area contributed by atoms with Crippen molar-refractivity contribution in [2.75, 3.05) is 6.54 Å². The highest BCUT2D eigenvalue weighted by Gasteiger charge is 2.51. The molecular weight excluding hydrogens is 246 g/mol. The van der Waals surface area contributed by atoms with E-state index in [1.54, 1.807) is 0 Å². The van der Waals surface area contributed by atoms with Gasteiger partial charge in [-0.3, -0.25) is 4.79 Å². The molecule has 2 saturated heterocycles. The largest absolute Gasteiger partial charge is 0.392 e. The van der Waals surface area contributed by atoms with Crippen molar-refractivity contribution in [1.29, 1.82) is 0 Å². The van der Waals surface area contributed by atoms with Crippen LogP contribution in [0.4, 0.5) is 0 Å². The molecule has 2 aliphatic heterocycles. The number of nitrogens with zero attached hydrogens (tertiary/aromatic N) is 1. The third kappa shape index (κ3) is 1.48. The SMILES string of the molecule is CC[C@@H](O)[C@@H]1C(=O)N2C[C@H](Br)CC[C@@H]12. The second-order valence-corrected chi connectivity index (χ2v) is 5.53. The molecule has 0 unspecified atom stereocenters. The number of alkyl halides is 1. The number of hydrogen-bond acceptors (Lipinski definition) is 2. The fraction of sp³-hybridized carbons (Fsp3) is 0.900. The van der Waals surface area contributed by atoms with Crippen molar-refractivity contribution < 1.29 is 9.90 Å². The smallest absolute Gasteiger partial charge is 0.230 e. The van der Waals surface area contributed by atoms with E-state index in [-0.39, 0.29) is 11.8 Å². The molecule has 0 aromatic rings. The zero-order chi connectivity index (χ0) is 10.3. The third-order valence-electron chi connectivity index (χ3n) is 3.39. The van der Waals surface area contributed by atoms with Gasteiger partial charge in [-0.1, -0.05) is 22.9 Å². The van der Waals surface area contributed by atoms with Crippen LogP contribution in [0.5, 0.6) is 0 Å². The molecule has 0 aromatic carbocycles. The Kier molecular flexibility index (Phi) is 2.84. The van der Waals surface area contributed by atoms with Gasteiger partial charge in [-0.05, 0) is 19.3 Å². The van der Waals surface area contributed by atoms with E-state index >= 15 is 0 Å². The standard InChI is InChI=1S/C10H16BrNO2/c1-2-8(13)9-7-4-3-6(11)5-12(7)10(9)14/h6-9,13H,2-5H2,1H3/t6-,7+,8-,9-/m1/s1. The molecule has 4 heteroatoms. The molecule has 1 N–H and O–H groups in total. The van der Waals surface area contributed by atoms with Gasteiger partial charge in [-0.15, -0.1) is 0 Å². The van der Waals surface area contributed by atoms with E-state index in [0.29, 0.717) is 17.3 Å². The van der Waals surface area contributed by atoms with Gasteiger partial charge in [0, 0.05) is 17.4 Å². The molecule has 2 aliphatic rings. The average molecular weight is 262 g/mol. The Morgan fingerprint density at radius 1 is 1.64 bits per heavy atom. The summed E-state index contributed by atoms with van der Waals surface area (Å²) < 4.78 is 0. The third-order valence-corrected chi connectivity index (χ3v) is 4.13. The summed E-state index contributed by atoms with van der Waals surface area (Å²) >= 11 is 3.54. The lowest BCUT2D eigenvalue weighted by Crippen LogP contribution is -2.67. The highest BCUT2D eigenvalue weighted by molar-refractivity contribution is 9.09. The molecule has 80 valence electrons. The minimum absolute atomic E-state index is 0.111. The number of carbonyl (C=O) groups is 1. The van der Waals surface area contributed by atoms with Crippen molar-refractivity contribution in [2.45, 2.75) is 43.2 Å². The summed E-state index contributed by atoms with van der Waals surface area (Å²) in [5, 5.41) is 9.69. The fourth-order valence-electron chi connectivity index (χ4n) is 2.52. The molecule has 0 saturated carbocycles. The Morgan fingerprint density at radius 3 is 3.00 bits per heavy atom. The first-order valence-electron chi connectivity index (χ1n) is 5.27. The highest BCUT2D eigenvalue weighted by atomic mass is 79.9.